The lowest BCUT2D eigenvalue weighted by molar-refractivity contribution is -0.174. The van der Waals surface area contributed by atoms with Crippen molar-refractivity contribution in [3.8, 4) is 0 Å². The molecule has 3 unspecified atom stereocenters. The molecule has 0 radical (unpaired) electrons. The van der Waals surface area contributed by atoms with Crippen LogP contribution in [-0.2, 0) is 4.74 Å². The van der Waals surface area contributed by atoms with Crippen LogP contribution in [-0.4, -0.2) is 36.0 Å². The van der Waals surface area contributed by atoms with Crippen molar-refractivity contribution in [2.75, 3.05) is 6.61 Å². The minimum atomic E-state index is -0.0104. The predicted molar refractivity (Wildman–Crippen MR) is 60.0 cm³/mol. The highest BCUT2D eigenvalue weighted by atomic mass is 16.5. The van der Waals surface area contributed by atoms with Crippen LogP contribution in [0, 0.1) is 0 Å². The molecule has 3 rings (SSSR count). The van der Waals surface area contributed by atoms with E-state index < -0.39 is 0 Å². The van der Waals surface area contributed by atoms with Crippen molar-refractivity contribution in [3.63, 3.8) is 0 Å². The van der Waals surface area contributed by atoms with Gasteiger partial charge in [0.15, 0.2) is 6.35 Å². The average molecular weight is 211 g/mol. The summed E-state index contributed by atoms with van der Waals surface area (Å²) in [4.78, 5) is 2.40. The molecule has 86 valence electrons. The molecule has 0 aromatic rings. The van der Waals surface area contributed by atoms with E-state index in [0.29, 0.717) is 24.7 Å². The highest BCUT2D eigenvalue weighted by Gasteiger charge is 2.47. The fourth-order valence-corrected chi connectivity index (χ4v) is 2.81. The van der Waals surface area contributed by atoms with Gasteiger partial charge in [-0.3, -0.25) is 4.90 Å². The number of nitrogens with one attached hydrogen (secondary N) is 1. The highest BCUT2D eigenvalue weighted by Crippen LogP contribution is 2.38. The molecule has 0 aromatic heterocycles. The second kappa shape index (κ2) is 4.51. The summed E-state index contributed by atoms with van der Waals surface area (Å²) in [6.45, 7) is 6.42. The largest absolute Gasteiger partial charge is 0.354 e. The lowest BCUT2D eigenvalue weighted by Gasteiger charge is -2.57. The third kappa shape index (κ3) is 2.02. The molecule has 1 saturated carbocycles. The van der Waals surface area contributed by atoms with Gasteiger partial charge >= 0.3 is 0 Å². The van der Waals surface area contributed by atoms with E-state index in [9.17, 15) is 0 Å². The molecule has 4 nitrogen and oxygen atoms in total. The quantitative estimate of drug-likeness (QED) is 0.654. The summed E-state index contributed by atoms with van der Waals surface area (Å²) in [5, 5.41) is 3.16. The van der Waals surface area contributed by atoms with Gasteiger partial charge in [0.1, 0.15) is 0 Å². The van der Waals surface area contributed by atoms with E-state index in [1.165, 1.54) is 6.42 Å². The van der Waals surface area contributed by atoms with Gasteiger partial charge in [-0.05, 0) is 32.4 Å². The summed E-state index contributed by atoms with van der Waals surface area (Å²) in [5.74, 6) is 0. The number of nitrogens with two attached hydrogens (primary N) is 1. The van der Waals surface area contributed by atoms with Gasteiger partial charge in [0, 0.05) is 24.7 Å². The Hall–Kier alpha value is -0.580. The molecule has 3 aliphatic rings. The third-order valence-corrected chi connectivity index (χ3v) is 3.39. The number of piperidine rings is 1. The summed E-state index contributed by atoms with van der Waals surface area (Å²) in [7, 11) is 0. The third-order valence-electron chi connectivity index (χ3n) is 3.39. The van der Waals surface area contributed by atoms with Gasteiger partial charge in [0.2, 0.25) is 0 Å². The van der Waals surface area contributed by atoms with Crippen LogP contribution in [0.1, 0.15) is 26.2 Å². The van der Waals surface area contributed by atoms with E-state index in [4.69, 9.17) is 10.5 Å². The van der Waals surface area contributed by atoms with E-state index in [-0.39, 0.29) is 6.35 Å². The van der Waals surface area contributed by atoms with Crippen LogP contribution < -0.4 is 11.1 Å². The maximum absolute atomic E-state index is 5.96. The molecule has 3 atom stereocenters. The van der Waals surface area contributed by atoms with Crippen molar-refractivity contribution in [3.05, 3.63) is 12.8 Å². The molecule has 3 N–H and O–H groups in total. The van der Waals surface area contributed by atoms with Crippen LogP contribution in [0.25, 0.3) is 0 Å². The maximum atomic E-state index is 5.96. The van der Waals surface area contributed by atoms with Crippen molar-refractivity contribution in [1.82, 2.24) is 10.2 Å². The number of ether oxygens (including phenoxy) is 1. The maximum Gasteiger partial charge on any atom is 0.186 e. The van der Waals surface area contributed by atoms with Gasteiger partial charge in [-0.15, -0.1) is 0 Å². The van der Waals surface area contributed by atoms with E-state index in [1.807, 2.05) is 6.92 Å². The number of rotatable bonds is 5. The van der Waals surface area contributed by atoms with Crippen molar-refractivity contribution < 1.29 is 4.74 Å². The summed E-state index contributed by atoms with van der Waals surface area (Å²) in [6, 6.07) is 1.58. The number of hydrogen-bond donors (Lipinski definition) is 2. The Morgan fingerprint density at radius 2 is 2.20 bits per heavy atom. The molecule has 0 aromatic carbocycles. The molecule has 3 fully saturated rings. The Morgan fingerprint density at radius 3 is 2.73 bits per heavy atom. The van der Waals surface area contributed by atoms with Crippen molar-refractivity contribution in [2.45, 2.75) is 50.7 Å². The zero-order chi connectivity index (χ0) is 10.8. The molecular weight excluding hydrogens is 190 g/mol. The first kappa shape index (κ1) is 10.9. The molecule has 15 heavy (non-hydrogen) atoms. The van der Waals surface area contributed by atoms with E-state index in [2.05, 4.69) is 16.8 Å². The molecule has 4 heteroatoms. The molecule has 0 spiro atoms. The molecule has 2 bridgehead atoms. The van der Waals surface area contributed by atoms with Crippen molar-refractivity contribution in [2.24, 2.45) is 5.73 Å². The lowest BCUT2D eigenvalue weighted by Crippen LogP contribution is -2.69. The normalized spacial score (nSPS) is 36.8. The van der Waals surface area contributed by atoms with Crippen LogP contribution in [0.5, 0.6) is 0 Å². The van der Waals surface area contributed by atoms with Crippen LogP contribution in [0.3, 0.4) is 0 Å². The minimum absolute atomic E-state index is 0.0104. The van der Waals surface area contributed by atoms with Gasteiger partial charge < -0.3 is 15.8 Å². The summed E-state index contributed by atoms with van der Waals surface area (Å²) >= 11 is 0. The zero-order valence-electron chi connectivity index (χ0n) is 9.36. The first-order chi connectivity index (χ1) is 7.26. The van der Waals surface area contributed by atoms with Gasteiger partial charge in [0.25, 0.3) is 0 Å². The summed E-state index contributed by atoms with van der Waals surface area (Å²) in [6.07, 6.45) is 5.16. The predicted octanol–water partition coefficient (Wildman–Crippen LogP) is 0.604. The second-order valence-electron chi connectivity index (χ2n) is 4.40. The van der Waals surface area contributed by atoms with Crippen molar-refractivity contribution in [1.29, 1.82) is 0 Å². The Balaban J connectivity index is 1.94. The SMILES string of the molecule is C=CNC(OCC)N1C2CC(N)CC1C2. The average Bonchev–Trinajstić information content (AvgIpc) is 2.17. The second-order valence-corrected chi connectivity index (χ2v) is 4.40. The molecule has 1 aliphatic carbocycles. The monoisotopic (exact) mass is 211 g/mol. The Bertz CT molecular complexity index is 222. The van der Waals surface area contributed by atoms with Crippen molar-refractivity contribution >= 4 is 0 Å². The number of hydrogen-bond acceptors (Lipinski definition) is 4. The van der Waals surface area contributed by atoms with E-state index >= 15 is 0 Å². The van der Waals surface area contributed by atoms with Gasteiger partial charge in [-0.25, -0.2) is 0 Å². The molecular formula is C11H21N3O. The van der Waals surface area contributed by atoms with E-state index in [0.717, 1.165) is 12.8 Å². The van der Waals surface area contributed by atoms with Gasteiger partial charge in [-0.2, -0.15) is 0 Å². The Labute approximate surface area is 91.5 Å². The summed E-state index contributed by atoms with van der Waals surface area (Å²) < 4.78 is 5.66. The standard InChI is InChI=1S/C11H21N3O/c1-3-13-11(15-4-2)14-9-5-8(12)6-10(14)7-9/h3,8-11,13H,1,4-7,12H2,2H3. The topological polar surface area (TPSA) is 50.5 Å². The number of nitrogens with zero attached hydrogens (tertiary/aromatic N) is 1. The Kier molecular flexibility index (Phi) is 3.29. The first-order valence-corrected chi connectivity index (χ1v) is 5.77. The molecule has 2 aliphatic heterocycles. The highest BCUT2D eigenvalue weighted by molar-refractivity contribution is 5.02. The fourth-order valence-electron chi connectivity index (χ4n) is 2.81. The summed E-state index contributed by atoms with van der Waals surface area (Å²) in [5.41, 5.74) is 5.96. The first-order valence-electron chi connectivity index (χ1n) is 5.77. The molecule has 2 saturated heterocycles. The van der Waals surface area contributed by atoms with Gasteiger partial charge in [0.05, 0.1) is 0 Å². The van der Waals surface area contributed by atoms with Crippen LogP contribution in [0.15, 0.2) is 12.8 Å². The van der Waals surface area contributed by atoms with Crippen LogP contribution >= 0.6 is 0 Å². The van der Waals surface area contributed by atoms with Crippen LogP contribution in [0.4, 0.5) is 0 Å². The molecule has 0 amide bonds. The van der Waals surface area contributed by atoms with E-state index in [1.54, 1.807) is 6.20 Å². The van der Waals surface area contributed by atoms with Crippen LogP contribution in [0.2, 0.25) is 0 Å². The minimum Gasteiger partial charge on any atom is -0.354 e. The smallest absolute Gasteiger partial charge is 0.186 e. The lowest BCUT2D eigenvalue weighted by atomic mass is 9.77. The Morgan fingerprint density at radius 1 is 1.53 bits per heavy atom. The zero-order valence-corrected chi connectivity index (χ0v) is 9.36. The number of fused-ring (bicyclic) bond motifs is 2. The van der Waals surface area contributed by atoms with Gasteiger partial charge in [-0.1, -0.05) is 6.58 Å². The fraction of sp³-hybridized carbons (Fsp3) is 0.818. The molecule has 2 heterocycles.